The molecular weight excluding hydrogens is 176 g/mol. The molecule has 9 heavy (non-hydrogen) atoms. The Bertz CT molecular complexity index is 109. The average Bonchev–Trinajstić information content (AvgIpc) is 1.63. The van der Waals surface area contributed by atoms with Crippen LogP contribution < -0.4 is 11.5 Å². The van der Waals surface area contributed by atoms with E-state index in [9.17, 15) is 0 Å². The smallest absolute Gasteiger partial charge is 0.162 e. The van der Waals surface area contributed by atoms with Crippen molar-refractivity contribution in [1.82, 2.24) is 0 Å². The lowest BCUT2D eigenvalue weighted by Crippen LogP contribution is -2.03. The van der Waals surface area contributed by atoms with Crippen molar-refractivity contribution in [3.63, 3.8) is 0 Å². The fourth-order valence-corrected chi connectivity index (χ4v) is 2.44. The molecule has 0 fully saturated rings. The van der Waals surface area contributed by atoms with Crippen LogP contribution in [0.25, 0.3) is 0 Å². The zero-order valence-corrected chi connectivity index (χ0v) is 6.83. The molecule has 0 saturated heterocycles. The maximum atomic E-state index is 6.73. The molecule has 4 nitrogen and oxygen atoms in total. The van der Waals surface area contributed by atoms with Gasteiger partial charge in [-0.05, 0) is 31.4 Å². The van der Waals surface area contributed by atoms with Crippen molar-refractivity contribution in [2.75, 3.05) is 0 Å². The van der Waals surface area contributed by atoms with E-state index in [-0.39, 0.29) is 10.3 Å². The van der Waals surface area contributed by atoms with Gasteiger partial charge in [0.25, 0.3) is 0 Å². The monoisotopic (exact) mass is 182 g/mol. The van der Waals surface area contributed by atoms with Gasteiger partial charge in [-0.15, -0.1) is 0 Å². The van der Waals surface area contributed by atoms with Crippen LogP contribution in [0, 0.1) is 10.8 Å². The van der Waals surface area contributed by atoms with Crippen LogP contribution in [0.2, 0.25) is 0 Å². The van der Waals surface area contributed by atoms with Crippen molar-refractivity contribution in [1.29, 1.82) is 10.8 Å². The predicted octanol–water partition coefficient (Wildman–Crippen LogP) is 0.803. The molecule has 0 atom stereocenters. The minimum Gasteiger partial charge on any atom is -0.378 e. The highest BCUT2D eigenvalue weighted by Crippen LogP contribution is 2.33. The standard InChI is InChI=1S/C2H6N4S3/c3-1(4)7-9-8-2(5)6/h(H3,3,4)(H3,5,6). The van der Waals surface area contributed by atoms with Gasteiger partial charge in [0.15, 0.2) is 10.3 Å². The van der Waals surface area contributed by atoms with Crippen LogP contribution in [0.15, 0.2) is 0 Å². The van der Waals surface area contributed by atoms with Crippen LogP contribution in [0.1, 0.15) is 0 Å². The van der Waals surface area contributed by atoms with Gasteiger partial charge in [0.1, 0.15) is 0 Å². The van der Waals surface area contributed by atoms with Crippen molar-refractivity contribution in [2.24, 2.45) is 11.5 Å². The zero-order chi connectivity index (χ0) is 7.28. The molecule has 0 aliphatic rings. The van der Waals surface area contributed by atoms with E-state index in [1.165, 1.54) is 9.83 Å². The predicted molar refractivity (Wildman–Crippen MR) is 46.6 cm³/mol. The van der Waals surface area contributed by atoms with E-state index in [1.807, 2.05) is 0 Å². The van der Waals surface area contributed by atoms with Crippen LogP contribution in [-0.2, 0) is 0 Å². The minimum atomic E-state index is 0.0220. The summed E-state index contributed by atoms with van der Waals surface area (Å²) in [6, 6.07) is 0. The molecule has 0 rings (SSSR count). The van der Waals surface area contributed by atoms with E-state index in [4.69, 9.17) is 22.3 Å². The Morgan fingerprint density at radius 1 is 1.00 bits per heavy atom. The van der Waals surface area contributed by atoms with Crippen molar-refractivity contribution in [3.8, 4) is 0 Å². The Balaban J connectivity index is 3.10. The number of amidine groups is 2. The van der Waals surface area contributed by atoms with Crippen LogP contribution in [0.3, 0.4) is 0 Å². The molecule has 0 unspecified atom stereocenters. The van der Waals surface area contributed by atoms with Crippen LogP contribution in [0.5, 0.6) is 0 Å². The first-order valence-electron chi connectivity index (χ1n) is 1.82. The molecule has 7 heteroatoms. The van der Waals surface area contributed by atoms with Crippen molar-refractivity contribution < 1.29 is 0 Å². The number of nitrogens with two attached hydrogens (primary N) is 2. The first-order valence-corrected chi connectivity index (χ1v) is 5.30. The third-order valence-corrected chi connectivity index (χ3v) is 3.45. The largest absolute Gasteiger partial charge is 0.378 e. The highest BCUT2D eigenvalue weighted by molar-refractivity contribution is 9.14. The Kier molecular flexibility index (Phi) is 4.83. The Morgan fingerprint density at radius 3 is 1.56 bits per heavy atom. The summed E-state index contributed by atoms with van der Waals surface area (Å²) in [5.74, 6) is 0. The van der Waals surface area contributed by atoms with Gasteiger partial charge in [-0.25, -0.2) is 0 Å². The van der Waals surface area contributed by atoms with Gasteiger partial charge in [0.05, 0.1) is 0 Å². The molecule has 0 radical (unpaired) electrons. The third-order valence-electron chi connectivity index (χ3n) is 0.248. The summed E-state index contributed by atoms with van der Waals surface area (Å²) in [5, 5.41) is 13.5. The number of nitrogens with one attached hydrogen (secondary N) is 2. The summed E-state index contributed by atoms with van der Waals surface area (Å²) in [6.07, 6.45) is 0. The van der Waals surface area contributed by atoms with Crippen LogP contribution >= 0.6 is 31.4 Å². The second kappa shape index (κ2) is 4.83. The molecule has 0 aliphatic carbocycles. The number of hydrogen-bond acceptors (Lipinski definition) is 5. The summed E-state index contributed by atoms with van der Waals surface area (Å²) >= 11 is 0. The normalized spacial score (nSPS) is 8.89. The van der Waals surface area contributed by atoms with Crippen molar-refractivity contribution in [2.45, 2.75) is 0 Å². The minimum absolute atomic E-state index is 0.0220. The topological polar surface area (TPSA) is 99.7 Å². The van der Waals surface area contributed by atoms with Crippen molar-refractivity contribution in [3.05, 3.63) is 0 Å². The van der Waals surface area contributed by atoms with Gasteiger partial charge < -0.3 is 11.5 Å². The second-order valence-corrected chi connectivity index (χ2v) is 4.95. The molecular formula is C2H6N4S3. The van der Waals surface area contributed by atoms with Gasteiger partial charge in [-0.1, -0.05) is 0 Å². The number of rotatable bonds is 2. The van der Waals surface area contributed by atoms with E-state index in [0.717, 1.165) is 21.6 Å². The lowest BCUT2D eigenvalue weighted by molar-refractivity contribution is 1.51. The van der Waals surface area contributed by atoms with E-state index in [0.29, 0.717) is 0 Å². The lowest BCUT2D eigenvalue weighted by Gasteiger charge is -1.93. The average molecular weight is 182 g/mol. The highest BCUT2D eigenvalue weighted by Gasteiger charge is 1.93. The molecule has 52 valence electrons. The third kappa shape index (κ3) is 7.99. The van der Waals surface area contributed by atoms with Gasteiger partial charge in [-0.2, -0.15) is 0 Å². The SMILES string of the molecule is N=C(N)SSSC(=N)N. The summed E-state index contributed by atoms with van der Waals surface area (Å²) < 4.78 is 0. The number of hydrogen-bond donors (Lipinski definition) is 4. The Hall–Kier alpha value is -0.0100. The molecule has 0 aromatic carbocycles. The maximum absolute atomic E-state index is 6.73. The van der Waals surface area contributed by atoms with Gasteiger partial charge in [0, 0.05) is 0 Å². The Labute approximate surface area is 64.3 Å². The first kappa shape index (κ1) is 8.99. The molecule has 0 bridgehead atoms. The van der Waals surface area contributed by atoms with Gasteiger partial charge in [0.2, 0.25) is 0 Å². The van der Waals surface area contributed by atoms with Gasteiger partial charge in [-0.3, -0.25) is 10.8 Å². The molecule has 0 heterocycles. The van der Waals surface area contributed by atoms with E-state index in [1.54, 1.807) is 0 Å². The zero-order valence-electron chi connectivity index (χ0n) is 4.38. The molecule has 0 aromatic heterocycles. The second-order valence-electron chi connectivity index (χ2n) is 0.963. The molecule has 0 aliphatic heterocycles. The molecule has 0 aromatic rings. The summed E-state index contributed by atoms with van der Waals surface area (Å²) in [5.41, 5.74) is 9.96. The fourth-order valence-electron chi connectivity index (χ4n) is 0.0903. The lowest BCUT2D eigenvalue weighted by atomic mass is 11.4. The molecule has 6 N–H and O–H groups in total. The van der Waals surface area contributed by atoms with E-state index >= 15 is 0 Å². The molecule has 0 saturated carbocycles. The van der Waals surface area contributed by atoms with E-state index < -0.39 is 0 Å². The first-order chi connectivity index (χ1) is 4.13. The summed E-state index contributed by atoms with van der Waals surface area (Å²) in [7, 11) is 3.36. The molecule has 0 spiro atoms. The van der Waals surface area contributed by atoms with E-state index in [2.05, 4.69) is 0 Å². The van der Waals surface area contributed by atoms with Crippen molar-refractivity contribution >= 4 is 41.7 Å². The molecule has 0 amide bonds. The maximum Gasteiger partial charge on any atom is 0.162 e. The Morgan fingerprint density at radius 2 is 1.33 bits per heavy atom. The summed E-state index contributed by atoms with van der Waals surface area (Å²) in [4.78, 5) is 0. The van der Waals surface area contributed by atoms with Crippen LogP contribution in [0.4, 0.5) is 0 Å². The van der Waals surface area contributed by atoms with Gasteiger partial charge >= 0.3 is 0 Å². The van der Waals surface area contributed by atoms with Crippen LogP contribution in [-0.4, -0.2) is 10.3 Å². The quantitative estimate of drug-likeness (QED) is 0.287. The summed E-state index contributed by atoms with van der Waals surface area (Å²) in [6.45, 7) is 0. The highest BCUT2D eigenvalue weighted by atomic mass is 33.5. The fraction of sp³-hybridized carbons (Fsp3) is 0.